The van der Waals surface area contributed by atoms with Gasteiger partial charge in [-0.2, -0.15) is 0 Å². The number of rotatable bonds is 4. The highest BCUT2D eigenvalue weighted by molar-refractivity contribution is 5.93. The zero-order valence-electron chi connectivity index (χ0n) is 10.6. The third-order valence-corrected chi connectivity index (χ3v) is 3.61. The molecule has 98 valence electrons. The van der Waals surface area contributed by atoms with Crippen molar-refractivity contribution in [3.05, 3.63) is 29.8 Å². The summed E-state index contributed by atoms with van der Waals surface area (Å²) in [6.45, 7) is 2.91. The molecule has 0 spiro atoms. The molecule has 1 saturated heterocycles. The number of piperidine rings is 1. The maximum Gasteiger partial charge on any atom is 0.248 e. The van der Waals surface area contributed by atoms with Gasteiger partial charge in [-0.05, 0) is 56.0 Å². The van der Waals surface area contributed by atoms with Gasteiger partial charge in [0.2, 0.25) is 5.91 Å². The molecule has 1 aromatic carbocycles. The summed E-state index contributed by atoms with van der Waals surface area (Å²) in [5, 5.41) is 0. The fourth-order valence-electron chi connectivity index (χ4n) is 2.61. The lowest BCUT2D eigenvalue weighted by molar-refractivity contribution is 0.100. The van der Waals surface area contributed by atoms with E-state index in [9.17, 15) is 4.79 Å². The Hall–Kier alpha value is -1.55. The number of primary amides is 1. The van der Waals surface area contributed by atoms with Crippen molar-refractivity contribution in [3.8, 4) is 0 Å². The van der Waals surface area contributed by atoms with E-state index in [4.69, 9.17) is 11.5 Å². The molecular weight excluding hydrogens is 226 g/mol. The van der Waals surface area contributed by atoms with Crippen LogP contribution in [0.3, 0.4) is 0 Å². The van der Waals surface area contributed by atoms with Crippen LogP contribution in [0.5, 0.6) is 0 Å². The van der Waals surface area contributed by atoms with E-state index in [-0.39, 0.29) is 5.91 Å². The van der Waals surface area contributed by atoms with Crippen LogP contribution in [-0.4, -0.2) is 25.5 Å². The van der Waals surface area contributed by atoms with Gasteiger partial charge >= 0.3 is 0 Å². The van der Waals surface area contributed by atoms with Crippen LogP contribution in [0.1, 0.15) is 29.6 Å². The summed E-state index contributed by atoms with van der Waals surface area (Å²) in [6.07, 6.45) is 3.57. The average Bonchev–Trinajstić information content (AvgIpc) is 2.39. The number of benzene rings is 1. The zero-order valence-corrected chi connectivity index (χ0v) is 10.6. The SMILES string of the molecule is NCCC1CCCN(c2ccc(C(N)=O)cc2)C1. The second-order valence-corrected chi connectivity index (χ2v) is 4.94. The standard InChI is InChI=1S/C14H21N3O/c15-8-7-11-2-1-9-17(10-11)13-5-3-12(4-6-13)14(16)18/h3-6,11H,1-2,7-10,15H2,(H2,16,18). The Kier molecular flexibility index (Phi) is 4.20. The van der Waals surface area contributed by atoms with E-state index in [1.807, 2.05) is 12.1 Å². The largest absolute Gasteiger partial charge is 0.371 e. The molecule has 0 bridgehead atoms. The molecule has 0 aromatic heterocycles. The highest BCUT2D eigenvalue weighted by atomic mass is 16.1. The highest BCUT2D eigenvalue weighted by Crippen LogP contribution is 2.24. The average molecular weight is 247 g/mol. The normalized spacial score (nSPS) is 19.8. The Balaban J connectivity index is 2.04. The number of anilines is 1. The molecule has 0 radical (unpaired) electrons. The van der Waals surface area contributed by atoms with Crippen molar-refractivity contribution in [2.75, 3.05) is 24.5 Å². The summed E-state index contributed by atoms with van der Waals surface area (Å²) in [6, 6.07) is 7.55. The lowest BCUT2D eigenvalue weighted by atomic mass is 9.94. The van der Waals surface area contributed by atoms with Crippen molar-refractivity contribution < 1.29 is 4.79 Å². The lowest BCUT2D eigenvalue weighted by Gasteiger charge is -2.34. The molecule has 1 unspecified atom stereocenters. The number of carbonyl (C=O) groups is 1. The van der Waals surface area contributed by atoms with E-state index in [1.165, 1.54) is 18.5 Å². The predicted octanol–water partition coefficient (Wildman–Crippen LogP) is 1.35. The topological polar surface area (TPSA) is 72.3 Å². The molecule has 18 heavy (non-hydrogen) atoms. The molecule has 1 fully saturated rings. The Morgan fingerprint density at radius 1 is 1.33 bits per heavy atom. The number of hydrogen-bond acceptors (Lipinski definition) is 3. The molecule has 2 rings (SSSR count). The fourth-order valence-corrected chi connectivity index (χ4v) is 2.61. The van der Waals surface area contributed by atoms with Gasteiger partial charge in [-0.25, -0.2) is 0 Å². The summed E-state index contributed by atoms with van der Waals surface area (Å²) in [7, 11) is 0. The van der Waals surface area contributed by atoms with Crippen LogP contribution in [-0.2, 0) is 0 Å². The van der Waals surface area contributed by atoms with Gasteiger partial charge in [0.05, 0.1) is 0 Å². The van der Waals surface area contributed by atoms with Crippen molar-refractivity contribution in [2.24, 2.45) is 17.4 Å². The number of nitrogens with zero attached hydrogens (tertiary/aromatic N) is 1. The second-order valence-electron chi connectivity index (χ2n) is 4.94. The van der Waals surface area contributed by atoms with Gasteiger partial charge in [0.25, 0.3) is 0 Å². The number of carbonyl (C=O) groups excluding carboxylic acids is 1. The minimum absolute atomic E-state index is 0.374. The predicted molar refractivity (Wildman–Crippen MR) is 73.6 cm³/mol. The Labute approximate surface area is 108 Å². The first-order valence-corrected chi connectivity index (χ1v) is 6.55. The van der Waals surface area contributed by atoms with Crippen molar-refractivity contribution >= 4 is 11.6 Å². The third-order valence-electron chi connectivity index (χ3n) is 3.61. The minimum atomic E-state index is -0.374. The van der Waals surface area contributed by atoms with E-state index < -0.39 is 0 Å². The quantitative estimate of drug-likeness (QED) is 0.843. The molecule has 1 amide bonds. The molecule has 1 atom stereocenters. The molecule has 4 heteroatoms. The molecule has 0 aliphatic carbocycles. The van der Waals surface area contributed by atoms with Crippen LogP contribution in [0, 0.1) is 5.92 Å². The Morgan fingerprint density at radius 2 is 2.06 bits per heavy atom. The first-order chi connectivity index (χ1) is 8.70. The Bertz CT molecular complexity index is 400. The van der Waals surface area contributed by atoms with Gasteiger partial charge in [-0.15, -0.1) is 0 Å². The van der Waals surface area contributed by atoms with E-state index in [0.717, 1.165) is 26.1 Å². The van der Waals surface area contributed by atoms with Gasteiger partial charge < -0.3 is 16.4 Å². The van der Waals surface area contributed by atoms with Crippen LogP contribution in [0.2, 0.25) is 0 Å². The number of nitrogens with two attached hydrogens (primary N) is 2. The van der Waals surface area contributed by atoms with E-state index in [2.05, 4.69) is 4.90 Å². The molecule has 1 aliphatic heterocycles. The number of amides is 1. The van der Waals surface area contributed by atoms with E-state index >= 15 is 0 Å². The van der Waals surface area contributed by atoms with Gasteiger partial charge in [0.1, 0.15) is 0 Å². The van der Waals surface area contributed by atoms with Crippen molar-refractivity contribution in [2.45, 2.75) is 19.3 Å². The molecule has 1 heterocycles. The summed E-state index contributed by atoms with van der Waals surface area (Å²) >= 11 is 0. The third kappa shape index (κ3) is 3.01. The highest BCUT2D eigenvalue weighted by Gasteiger charge is 2.19. The summed E-state index contributed by atoms with van der Waals surface area (Å²) in [5.41, 5.74) is 12.6. The van der Waals surface area contributed by atoms with Crippen molar-refractivity contribution in [3.63, 3.8) is 0 Å². The second kappa shape index (κ2) is 5.87. The van der Waals surface area contributed by atoms with E-state index in [1.54, 1.807) is 12.1 Å². The lowest BCUT2D eigenvalue weighted by Crippen LogP contribution is -2.36. The molecule has 1 aromatic rings. The summed E-state index contributed by atoms with van der Waals surface area (Å²) < 4.78 is 0. The molecule has 4 nitrogen and oxygen atoms in total. The minimum Gasteiger partial charge on any atom is -0.371 e. The first-order valence-electron chi connectivity index (χ1n) is 6.55. The van der Waals surface area contributed by atoms with Crippen LogP contribution in [0.4, 0.5) is 5.69 Å². The van der Waals surface area contributed by atoms with Gasteiger partial charge in [-0.1, -0.05) is 0 Å². The van der Waals surface area contributed by atoms with Crippen LogP contribution >= 0.6 is 0 Å². The molecular formula is C14H21N3O. The van der Waals surface area contributed by atoms with Crippen molar-refractivity contribution in [1.29, 1.82) is 0 Å². The monoisotopic (exact) mass is 247 g/mol. The maximum atomic E-state index is 11.0. The smallest absolute Gasteiger partial charge is 0.248 e. The number of hydrogen-bond donors (Lipinski definition) is 2. The fraction of sp³-hybridized carbons (Fsp3) is 0.500. The van der Waals surface area contributed by atoms with E-state index in [0.29, 0.717) is 11.5 Å². The first kappa shape index (κ1) is 12.9. The summed E-state index contributed by atoms with van der Waals surface area (Å²) in [5.74, 6) is 0.320. The Morgan fingerprint density at radius 3 is 2.67 bits per heavy atom. The maximum absolute atomic E-state index is 11.0. The molecule has 4 N–H and O–H groups in total. The van der Waals surface area contributed by atoms with Gasteiger partial charge in [0, 0.05) is 24.3 Å². The molecule has 0 saturated carbocycles. The van der Waals surface area contributed by atoms with Crippen LogP contribution < -0.4 is 16.4 Å². The van der Waals surface area contributed by atoms with Gasteiger partial charge in [0.15, 0.2) is 0 Å². The van der Waals surface area contributed by atoms with Gasteiger partial charge in [-0.3, -0.25) is 4.79 Å². The van der Waals surface area contributed by atoms with Crippen LogP contribution in [0.15, 0.2) is 24.3 Å². The summed E-state index contributed by atoms with van der Waals surface area (Å²) in [4.78, 5) is 13.4. The van der Waals surface area contributed by atoms with Crippen molar-refractivity contribution in [1.82, 2.24) is 0 Å². The van der Waals surface area contributed by atoms with Crippen LogP contribution in [0.25, 0.3) is 0 Å². The zero-order chi connectivity index (χ0) is 13.0. The molecule has 1 aliphatic rings.